The van der Waals surface area contributed by atoms with Crippen molar-refractivity contribution in [2.24, 2.45) is 0 Å². The van der Waals surface area contributed by atoms with Gasteiger partial charge in [0.1, 0.15) is 11.6 Å². The first-order chi connectivity index (χ1) is 10.3. The zero-order valence-electron chi connectivity index (χ0n) is 14.8. The van der Waals surface area contributed by atoms with Gasteiger partial charge in [-0.05, 0) is 27.2 Å². The highest BCUT2D eigenvalue weighted by molar-refractivity contribution is 5.76. The highest BCUT2D eigenvalue weighted by Crippen LogP contribution is 2.18. The minimum atomic E-state index is -0.467. The van der Waals surface area contributed by atoms with E-state index in [2.05, 4.69) is 17.1 Å². The largest absolute Gasteiger partial charge is 0.459 e. The predicted molar refractivity (Wildman–Crippen MR) is 85.7 cm³/mol. The van der Waals surface area contributed by atoms with Gasteiger partial charge in [-0.25, -0.2) is 0 Å². The topological polar surface area (TPSA) is 60.0 Å². The first-order valence-electron chi connectivity index (χ1n) is 8.08. The Morgan fingerprint density at radius 2 is 1.95 bits per heavy atom. The van der Waals surface area contributed by atoms with Crippen LogP contribution < -0.4 is 5.32 Å². The lowest BCUT2D eigenvalue weighted by molar-refractivity contribution is -0.165. The van der Waals surface area contributed by atoms with Crippen molar-refractivity contribution in [2.75, 3.05) is 33.9 Å². The third kappa shape index (κ3) is 5.83. The number of carbonyl (C=O) groups is 1. The first-order valence-corrected chi connectivity index (χ1v) is 8.08. The molecule has 0 radical (unpaired) electrons. The molecule has 1 N–H and O–H groups in total. The van der Waals surface area contributed by atoms with E-state index in [-0.39, 0.29) is 24.3 Å². The Hall–Kier alpha value is -0.690. The normalized spacial score (nSPS) is 21.9. The number of nitrogens with one attached hydrogen (secondary N) is 1. The molecule has 0 aliphatic carbocycles. The van der Waals surface area contributed by atoms with Crippen LogP contribution in [0.15, 0.2) is 0 Å². The molecule has 2 unspecified atom stereocenters. The van der Waals surface area contributed by atoms with Gasteiger partial charge in [0.2, 0.25) is 0 Å². The number of nitrogens with zero attached hydrogens (tertiary/aromatic N) is 1. The van der Waals surface area contributed by atoms with Gasteiger partial charge >= 0.3 is 5.97 Å². The maximum atomic E-state index is 12.3. The molecule has 1 heterocycles. The summed E-state index contributed by atoms with van der Waals surface area (Å²) in [5.41, 5.74) is -0.467. The summed E-state index contributed by atoms with van der Waals surface area (Å²) < 4.78 is 16.4. The maximum Gasteiger partial charge on any atom is 0.324 e. The highest BCUT2D eigenvalue weighted by atomic mass is 16.7. The quantitative estimate of drug-likeness (QED) is 0.566. The Morgan fingerprint density at radius 3 is 2.45 bits per heavy atom. The van der Waals surface area contributed by atoms with Crippen LogP contribution in [0.5, 0.6) is 0 Å². The second-order valence-electron chi connectivity index (χ2n) is 6.73. The fourth-order valence-corrected chi connectivity index (χ4v) is 2.80. The molecule has 6 heteroatoms. The third-order valence-corrected chi connectivity index (χ3v) is 3.73. The molecule has 130 valence electrons. The van der Waals surface area contributed by atoms with Crippen molar-refractivity contribution in [3.05, 3.63) is 0 Å². The summed E-state index contributed by atoms with van der Waals surface area (Å²) >= 11 is 0. The number of hydrogen-bond acceptors (Lipinski definition) is 6. The van der Waals surface area contributed by atoms with Crippen LogP contribution in [0, 0.1) is 0 Å². The van der Waals surface area contributed by atoms with Crippen LogP contribution in [0.1, 0.15) is 40.5 Å². The molecule has 0 saturated carbocycles. The second kappa shape index (κ2) is 8.82. The summed E-state index contributed by atoms with van der Waals surface area (Å²) in [6.45, 7) is 10.0. The van der Waals surface area contributed by atoms with E-state index < -0.39 is 5.60 Å². The molecule has 2 atom stereocenters. The minimum absolute atomic E-state index is 0.145. The third-order valence-electron chi connectivity index (χ3n) is 3.73. The fourth-order valence-electron chi connectivity index (χ4n) is 2.80. The van der Waals surface area contributed by atoms with Crippen LogP contribution in [-0.2, 0) is 19.0 Å². The summed E-state index contributed by atoms with van der Waals surface area (Å²) in [5, 5.41) is 3.25. The van der Waals surface area contributed by atoms with Gasteiger partial charge in [0.05, 0.1) is 6.04 Å². The number of methoxy groups -OCH3 is 2. The van der Waals surface area contributed by atoms with E-state index in [1.807, 2.05) is 20.8 Å². The molecule has 1 rings (SSSR count). The Kier molecular flexibility index (Phi) is 7.76. The summed E-state index contributed by atoms with van der Waals surface area (Å²) in [7, 11) is 3.31. The molecular formula is C16H32N2O4. The number of ether oxygens (including phenoxy) is 3. The van der Waals surface area contributed by atoms with Crippen molar-refractivity contribution in [1.29, 1.82) is 0 Å². The Morgan fingerprint density at radius 1 is 1.32 bits per heavy atom. The molecule has 1 fully saturated rings. The van der Waals surface area contributed by atoms with Crippen LogP contribution >= 0.6 is 0 Å². The van der Waals surface area contributed by atoms with E-state index in [1.165, 1.54) is 0 Å². The molecule has 0 aromatic carbocycles. The zero-order chi connectivity index (χ0) is 16.8. The van der Waals surface area contributed by atoms with E-state index in [4.69, 9.17) is 14.2 Å². The van der Waals surface area contributed by atoms with E-state index in [0.717, 1.165) is 25.9 Å². The number of carbonyl (C=O) groups excluding carboxylic acids is 1. The van der Waals surface area contributed by atoms with Crippen LogP contribution in [-0.4, -0.2) is 68.7 Å². The van der Waals surface area contributed by atoms with Gasteiger partial charge < -0.3 is 19.5 Å². The first kappa shape index (κ1) is 19.4. The standard InChI is InChI=1S/C16H32N2O4/c1-7-8-13(15(20-5)21-6)18-10-9-17-12(11-18)14(19)22-16(2,3)4/h12-13,15,17H,7-11H2,1-6H3. The molecule has 6 nitrogen and oxygen atoms in total. The van der Waals surface area contributed by atoms with Gasteiger partial charge in [0.15, 0.2) is 6.29 Å². The smallest absolute Gasteiger partial charge is 0.324 e. The number of esters is 1. The molecule has 0 aromatic heterocycles. The highest BCUT2D eigenvalue weighted by Gasteiger charge is 2.35. The van der Waals surface area contributed by atoms with Crippen molar-refractivity contribution in [3.8, 4) is 0 Å². The Labute approximate surface area is 134 Å². The van der Waals surface area contributed by atoms with Crippen molar-refractivity contribution < 1.29 is 19.0 Å². The van der Waals surface area contributed by atoms with E-state index >= 15 is 0 Å². The number of hydrogen-bond donors (Lipinski definition) is 1. The molecule has 0 spiro atoms. The molecule has 0 aromatic rings. The summed E-state index contributed by atoms with van der Waals surface area (Å²) in [4.78, 5) is 14.5. The average Bonchev–Trinajstić information content (AvgIpc) is 2.46. The van der Waals surface area contributed by atoms with E-state index in [1.54, 1.807) is 14.2 Å². The summed E-state index contributed by atoms with van der Waals surface area (Å²) in [6.07, 6.45) is 1.72. The molecule has 22 heavy (non-hydrogen) atoms. The van der Waals surface area contributed by atoms with Crippen molar-refractivity contribution in [1.82, 2.24) is 10.2 Å². The van der Waals surface area contributed by atoms with Crippen LogP contribution in [0.4, 0.5) is 0 Å². The molecular weight excluding hydrogens is 284 g/mol. The lowest BCUT2D eigenvalue weighted by Crippen LogP contribution is -2.60. The zero-order valence-corrected chi connectivity index (χ0v) is 14.8. The predicted octanol–water partition coefficient (Wildman–Crippen LogP) is 1.39. The van der Waals surface area contributed by atoms with Gasteiger partial charge in [0, 0.05) is 33.9 Å². The summed E-state index contributed by atoms with van der Waals surface area (Å²) in [5.74, 6) is -0.196. The van der Waals surface area contributed by atoms with Crippen LogP contribution in [0.2, 0.25) is 0 Å². The molecule has 1 saturated heterocycles. The monoisotopic (exact) mass is 316 g/mol. The average molecular weight is 316 g/mol. The van der Waals surface area contributed by atoms with Gasteiger partial charge in [-0.3, -0.25) is 9.69 Å². The van der Waals surface area contributed by atoms with Gasteiger partial charge in [0.25, 0.3) is 0 Å². The van der Waals surface area contributed by atoms with Gasteiger partial charge in [-0.2, -0.15) is 0 Å². The second-order valence-corrected chi connectivity index (χ2v) is 6.73. The maximum absolute atomic E-state index is 12.3. The minimum Gasteiger partial charge on any atom is -0.459 e. The lowest BCUT2D eigenvalue weighted by atomic mass is 10.1. The molecule has 1 aliphatic rings. The van der Waals surface area contributed by atoms with Gasteiger partial charge in [-0.15, -0.1) is 0 Å². The van der Waals surface area contributed by atoms with E-state index in [0.29, 0.717) is 6.54 Å². The van der Waals surface area contributed by atoms with E-state index in [9.17, 15) is 4.79 Å². The fraction of sp³-hybridized carbons (Fsp3) is 0.938. The Bertz CT molecular complexity index is 340. The van der Waals surface area contributed by atoms with Crippen molar-refractivity contribution >= 4 is 5.97 Å². The van der Waals surface area contributed by atoms with Gasteiger partial charge in [-0.1, -0.05) is 13.3 Å². The van der Waals surface area contributed by atoms with Crippen molar-refractivity contribution in [3.63, 3.8) is 0 Å². The SMILES string of the molecule is CCCC(C(OC)OC)N1CCNC(C(=O)OC(C)(C)C)C1. The number of rotatable bonds is 7. The lowest BCUT2D eigenvalue weighted by Gasteiger charge is -2.40. The van der Waals surface area contributed by atoms with Crippen LogP contribution in [0.25, 0.3) is 0 Å². The molecule has 1 aliphatic heterocycles. The Balaban J connectivity index is 2.72. The molecule has 0 bridgehead atoms. The van der Waals surface area contributed by atoms with Crippen LogP contribution in [0.3, 0.4) is 0 Å². The molecule has 0 amide bonds. The number of piperazine rings is 1. The van der Waals surface area contributed by atoms with Crippen molar-refractivity contribution in [2.45, 2.75) is 64.5 Å². The summed E-state index contributed by atoms with van der Waals surface area (Å²) in [6, 6.07) is -0.159.